The third-order valence-corrected chi connectivity index (χ3v) is 5.02. The lowest BCUT2D eigenvalue weighted by molar-refractivity contribution is -0.137. The Morgan fingerprint density at radius 3 is 2.39 bits per heavy atom. The van der Waals surface area contributed by atoms with Crippen molar-refractivity contribution in [2.24, 2.45) is 5.73 Å². The summed E-state index contributed by atoms with van der Waals surface area (Å²) in [5.41, 5.74) is 7.03. The normalized spacial score (nSPS) is 12.7. The number of fused-ring (bicyclic) bond motifs is 1. The van der Waals surface area contributed by atoms with E-state index in [4.69, 9.17) is 5.73 Å². The van der Waals surface area contributed by atoms with Gasteiger partial charge in [0.15, 0.2) is 5.65 Å². The zero-order chi connectivity index (χ0) is 23.9. The van der Waals surface area contributed by atoms with Crippen LogP contribution in [-0.4, -0.2) is 31.5 Å². The van der Waals surface area contributed by atoms with E-state index in [1.165, 1.54) is 28.9 Å². The van der Waals surface area contributed by atoms with E-state index < -0.39 is 29.2 Å². The average Bonchev–Trinajstić information content (AvgIpc) is 3.10. The molecule has 1 atom stereocenters. The molecule has 33 heavy (non-hydrogen) atoms. The van der Waals surface area contributed by atoms with Gasteiger partial charge in [-0.3, -0.25) is 14.7 Å². The molecule has 0 saturated carbocycles. The number of nitrogens with one attached hydrogen (secondary N) is 2. The highest BCUT2D eigenvalue weighted by atomic mass is 19.4. The molecule has 4 rings (SSSR count). The summed E-state index contributed by atoms with van der Waals surface area (Å²) in [5.74, 6) is -0.0983. The van der Waals surface area contributed by atoms with Crippen molar-refractivity contribution in [1.29, 1.82) is 0 Å². The Kier molecular flexibility index (Phi) is 5.50. The zero-order valence-corrected chi connectivity index (χ0v) is 17.6. The van der Waals surface area contributed by atoms with E-state index in [-0.39, 0.29) is 5.65 Å². The summed E-state index contributed by atoms with van der Waals surface area (Å²) in [6.07, 6.45) is -3.00. The minimum Gasteiger partial charge on any atom is -0.320 e. The molecule has 0 aliphatic carbocycles. The Morgan fingerprint density at radius 1 is 1.15 bits per heavy atom. The largest absolute Gasteiger partial charge is 0.416 e. The van der Waals surface area contributed by atoms with Gasteiger partial charge in [-0.15, -0.1) is 0 Å². The van der Waals surface area contributed by atoms with Crippen molar-refractivity contribution < 1.29 is 18.0 Å². The van der Waals surface area contributed by atoms with Crippen LogP contribution in [0.4, 0.5) is 19.0 Å². The topological polar surface area (TPSA) is 118 Å². The number of nitrogens with zero attached hydrogens (tertiary/aromatic N) is 3. The molecule has 0 aliphatic heterocycles. The van der Waals surface area contributed by atoms with Crippen LogP contribution in [0, 0.1) is 6.92 Å². The molecule has 1 amide bonds. The van der Waals surface area contributed by atoms with Crippen LogP contribution in [0.2, 0.25) is 0 Å². The van der Waals surface area contributed by atoms with Gasteiger partial charge in [0.1, 0.15) is 5.82 Å². The van der Waals surface area contributed by atoms with Crippen LogP contribution >= 0.6 is 0 Å². The van der Waals surface area contributed by atoms with E-state index in [2.05, 4.69) is 20.4 Å². The maximum atomic E-state index is 12.9. The number of halogens is 3. The molecule has 0 spiro atoms. The van der Waals surface area contributed by atoms with Gasteiger partial charge in [0, 0.05) is 29.1 Å². The first-order valence-corrected chi connectivity index (χ1v) is 9.87. The van der Waals surface area contributed by atoms with E-state index in [1.807, 2.05) is 0 Å². The number of aryl methyl sites for hydroxylation is 1. The van der Waals surface area contributed by atoms with Gasteiger partial charge in [-0.2, -0.15) is 13.2 Å². The lowest BCUT2D eigenvalue weighted by atomic mass is 10.0. The van der Waals surface area contributed by atoms with Crippen molar-refractivity contribution in [2.45, 2.75) is 26.1 Å². The fourth-order valence-electron chi connectivity index (χ4n) is 3.33. The van der Waals surface area contributed by atoms with Gasteiger partial charge in [-0.1, -0.05) is 12.1 Å². The molecule has 11 heteroatoms. The number of H-pyrrole nitrogens is 1. The molecule has 3 heterocycles. The van der Waals surface area contributed by atoms with Crippen LogP contribution in [0.3, 0.4) is 0 Å². The minimum atomic E-state index is -4.45. The Hall–Kier alpha value is -3.99. The fourth-order valence-corrected chi connectivity index (χ4v) is 3.33. The molecule has 0 bridgehead atoms. The molecule has 0 fully saturated rings. The smallest absolute Gasteiger partial charge is 0.320 e. The molecular weight excluding hydrogens is 437 g/mol. The van der Waals surface area contributed by atoms with Crippen LogP contribution in [0.15, 0.2) is 53.5 Å². The lowest BCUT2D eigenvalue weighted by Crippen LogP contribution is -2.32. The number of amides is 1. The predicted octanol–water partition coefficient (Wildman–Crippen LogP) is 3.36. The lowest BCUT2D eigenvalue weighted by Gasteiger charge is -2.08. The number of nitrogens with two attached hydrogens (primary N) is 1. The van der Waals surface area contributed by atoms with Gasteiger partial charge in [0.05, 0.1) is 17.3 Å². The molecule has 0 aliphatic rings. The van der Waals surface area contributed by atoms with E-state index in [0.29, 0.717) is 33.9 Å². The van der Waals surface area contributed by atoms with Crippen LogP contribution in [0.1, 0.15) is 18.2 Å². The number of aromatic nitrogens is 4. The van der Waals surface area contributed by atoms with Crippen molar-refractivity contribution in [2.75, 3.05) is 5.32 Å². The number of hydrogen-bond acceptors (Lipinski definition) is 5. The van der Waals surface area contributed by atoms with Crippen molar-refractivity contribution in [3.63, 3.8) is 0 Å². The summed E-state index contributed by atoms with van der Waals surface area (Å²) >= 11 is 0. The molecular formula is C22H19F3N6O2. The first-order valence-electron chi connectivity index (χ1n) is 9.87. The van der Waals surface area contributed by atoms with E-state index >= 15 is 0 Å². The molecule has 0 unspecified atom stereocenters. The van der Waals surface area contributed by atoms with E-state index in [1.54, 1.807) is 26.0 Å². The molecule has 3 aromatic heterocycles. The van der Waals surface area contributed by atoms with E-state index in [0.717, 1.165) is 12.1 Å². The van der Waals surface area contributed by atoms with Gasteiger partial charge in [-0.25, -0.2) is 14.5 Å². The molecule has 170 valence electrons. The SMILES string of the molecule is Cc1[nH]n2c(=O)cc(-c3ccc(NC(=O)[C@@H](C)N)nc3)nc2c1-c1ccc(C(F)(F)F)cc1. The number of anilines is 1. The monoisotopic (exact) mass is 456 g/mol. The third kappa shape index (κ3) is 4.35. The second kappa shape index (κ2) is 8.17. The standard InChI is InChI=1S/C22H19F3N6O2/c1-11(26)21(33)29-17-8-5-14(10-27-17)16-9-18(32)31-20(28-16)19(12(2)30-31)13-3-6-15(7-4-13)22(23,24)25/h3-11,30H,26H2,1-2H3,(H,27,29,33)/t11-/m1/s1. The van der Waals surface area contributed by atoms with Gasteiger partial charge in [0.25, 0.3) is 5.56 Å². The molecule has 4 N–H and O–H groups in total. The molecule has 0 radical (unpaired) electrons. The van der Waals surface area contributed by atoms with Crippen LogP contribution in [-0.2, 0) is 11.0 Å². The number of carbonyl (C=O) groups excluding carboxylic acids is 1. The summed E-state index contributed by atoms with van der Waals surface area (Å²) in [6, 6.07) is 8.47. The first-order chi connectivity index (χ1) is 15.5. The van der Waals surface area contributed by atoms with Crippen molar-refractivity contribution >= 4 is 17.4 Å². The number of aromatic amines is 1. The number of rotatable bonds is 4. The van der Waals surface area contributed by atoms with Crippen molar-refractivity contribution in [3.05, 3.63) is 70.3 Å². The average molecular weight is 456 g/mol. The zero-order valence-electron chi connectivity index (χ0n) is 17.6. The number of pyridine rings is 1. The second-order valence-corrected chi connectivity index (χ2v) is 7.54. The quantitative estimate of drug-likeness (QED) is 0.435. The van der Waals surface area contributed by atoms with Gasteiger partial charge in [0.2, 0.25) is 5.91 Å². The van der Waals surface area contributed by atoms with Crippen molar-refractivity contribution in [1.82, 2.24) is 19.6 Å². The van der Waals surface area contributed by atoms with Crippen LogP contribution in [0.5, 0.6) is 0 Å². The second-order valence-electron chi connectivity index (χ2n) is 7.54. The van der Waals surface area contributed by atoms with E-state index in [9.17, 15) is 22.8 Å². The molecule has 4 aromatic rings. The summed E-state index contributed by atoms with van der Waals surface area (Å²) in [5, 5.41) is 5.47. The number of alkyl halides is 3. The Morgan fingerprint density at radius 2 is 1.82 bits per heavy atom. The number of benzene rings is 1. The molecule has 0 saturated heterocycles. The maximum Gasteiger partial charge on any atom is 0.416 e. The third-order valence-electron chi connectivity index (χ3n) is 5.02. The number of carbonyl (C=O) groups is 1. The Labute approximate surface area is 185 Å². The number of hydrogen-bond donors (Lipinski definition) is 3. The van der Waals surface area contributed by atoms with Crippen molar-refractivity contribution in [3.8, 4) is 22.4 Å². The summed E-state index contributed by atoms with van der Waals surface area (Å²) in [4.78, 5) is 33.1. The predicted molar refractivity (Wildman–Crippen MR) is 116 cm³/mol. The Balaban J connectivity index is 1.75. The van der Waals surface area contributed by atoms with Gasteiger partial charge >= 0.3 is 6.18 Å². The summed E-state index contributed by atoms with van der Waals surface area (Å²) < 4.78 is 40.0. The molecule has 8 nitrogen and oxygen atoms in total. The summed E-state index contributed by atoms with van der Waals surface area (Å²) in [6.45, 7) is 3.25. The van der Waals surface area contributed by atoms with Gasteiger partial charge in [-0.05, 0) is 43.7 Å². The van der Waals surface area contributed by atoms with Crippen LogP contribution < -0.4 is 16.6 Å². The maximum absolute atomic E-state index is 12.9. The van der Waals surface area contributed by atoms with Gasteiger partial charge < -0.3 is 11.1 Å². The minimum absolute atomic E-state index is 0.268. The highest BCUT2D eigenvalue weighted by Crippen LogP contribution is 2.33. The first kappa shape index (κ1) is 22.2. The highest BCUT2D eigenvalue weighted by molar-refractivity contribution is 5.93. The molecule has 1 aromatic carbocycles. The Bertz CT molecular complexity index is 1390. The highest BCUT2D eigenvalue weighted by Gasteiger charge is 2.30. The fraction of sp³-hybridized carbons (Fsp3) is 0.182. The van der Waals surface area contributed by atoms with Crippen LogP contribution in [0.25, 0.3) is 28.0 Å². The summed E-state index contributed by atoms with van der Waals surface area (Å²) in [7, 11) is 0.